The van der Waals surface area contributed by atoms with Gasteiger partial charge in [0.05, 0.1) is 6.04 Å². The van der Waals surface area contributed by atoms with Crippen molar-refractivity contribution in [2.45, 2.75) is 72.8 Å². The van der Waals surface area contributed by atoms with E-state index in [1.165, 1.54) is 31.3 Å². The minimum Gasteiger partial charge on any atom is -0.289 e. The predicted molar refractivity (Wildman–Crippen MR) is 85.6 cm³/mol. The second kappa shape index (κ2) is 6.88. The highest BCUT2D eigenvalue weighted by molar-refractivity contribution is 9.12. The minimum absolute atomic E-state index is 0.441. The summed E-state index contributed by atoms with van der Waals surface area (Å²) < 4.78 is 1.13. The predicted octanol–water partition coefficient (Wildman–Crippen LogP) is 5.74. The van der Waals surface area contributed by atoms with Crippen molar-refractivity contribution in [2.24, 2.45) is 16.3 Å². The van der Waals surface area contributed by atoms with Crippen molar-refractivity contribution >= 4 is 22.1 Å². The molecule has 0 aromatic rings. The molecule has 0 amide bonds. The summed E-state index contributed by atoms with van der Waals surface area (Å²) in [5.41, 5.74) is 1.72. The first-order chi connectivity index (χ1) is 8.34. The Morgan fingerprint density at radius 1 is 1.39 bits per heavy atom. The fraction of sp³-hybridized carbons (Fsp3) is 0.812. The van der Waals surface area contributed by atoms with E-state index in [-0.39, 0.29) is 0 Å². The second-order valence-corrected chi connectivity index (χ2v) is 7.56. The molecule has 1 fully saturated rings. The van der Waals surface area contributed by atoms with Gasteiger partial charge in [0.25, 0.3) is 0 Å². The van der Waals surface area contributed by atoms with E-state index in [0.717, 1.165) is 16.8 Å². The molecule has 1 aliphatic carbocycles. The van der Waals surface area contributed by atoms with Crippen LogP contribution in [0.3, 0.4) is 0 Å². The highest BCUT2D eigenvalue weighted by atomic mass is 79.9. The lowest BCUT2D eigenvalue weighted by atomic mass is 9.80. The molecule has 0 N–H and O–H groups in total. The molecule has 1 nitrogen and oxygen atoms in total. The van der Waals surface area contributed by atoms with Crippen molar-refractivity contribution in [3.63, 3.8) is 0 Å². The number of aliphatic imine (C=N–C) groups is 1. The van der Waals surface area contributed by atoms with Crippen molar-refractivity contribution < 1.29 is 0 Å². The molecule has 1 saturated carbocycles. The third kappa shape index (κ3) is 6.17. The Bertz CT molecular complexity index is 320. The minimum atomic E-state index is 0.441. The first-order valence-electron chi connectivity index (χ1n) is 7.20. The van der Waals surface area contributed by atoms with Crippen LogP contribution in [0.25, 0.3) is 0 Å². The Morgan fingerprint density at radius 2 is 2.00 bits per heavy atom. The highest BCUT2D eigenvalue weighted by Crippen LogP contribution is 2.42. The zero-order chi connectivity index (χ0) is 13.8. The Morgan fingerprint density at radius 3 is 2.44 bits per heavy atom. The van der Waals surface area contributed by atoms with E-state index in [1.54, 1.807) is 0 Å². The summed E-state index contributed by atoms with van der Waals surface area (Å²) >= 11 is 3.56. The van der Waals surface area contributed by atoms with Gasteiger partial charge in [-0.2, -0.15) is 0 Å². The molecule has 0 radical (unpaired) electrons. The fourth-order valence-electron chi connectivity index (χ4n) is 2.43. The van der Waals surface area contributed by atoms with Gasteiger partial charge in [0.1, 0.15) is 0 Å². The van der Waals surface area contributed by atoms with Crippen LogP contribution in [-0.4, -0.2) is 12.3 Å². The Balaban J connectivity index is 2.52. The lowest BCUT2D eigenvalue weighted by Crippen LogP contribution is -2.20. The molecule has 0 bridgehead atoms. The zero-order valence-electron chi connectivity index (χ0n) is 12.6. The molecule has 1 atom stereocenters. The van der Waals surface area contributed by atoms with E-state index >= 15 is 0 Å². The Kier molecular flexibility index (Phi) is 6.10. The molecular formula is C16H28BrN. The van der Waals surface area contributed by atoms with Crippen molar-refractivity contribution in [1.29, 1.82) is 0 Å². The van der Waals surface area contributed by atoms with Gasteiger partial charge in [0.2, 0.25) is 0 Å². The molecule has 2 heteroatoms. The summed E-state index contributed by atoms with van der Waals surface area (Å²) in [6, 6.07) is 0.464. The van der Waals surface area contributed by atoms with E-state index in [0.29, 0.717) is 11.5 Å². The summed E-state index contributed by atoms with van der Waals surface area (Å²) in [4.78, 5) is 4.75. The van der Waals surface area contributed by atoms with Gasteiger partial charge in [0, 0.05) is 10.7 Å². The number of halogens is 1. The molecule has 0 aromatic heterocycles. The number of hydrogen-bond donors (Lipinski definition) is 0. The van der Waals surface area contributed by atoms with Gasteiger partial charge in [-0.3, -0.25) is 4.99 Å². The van der Waals surface area contributed by atoms with Crippen LogP contribution in [0.5, 0.6) is 0 Å². The second-order valence-electron chi connectivity index (χ2n) is 6.70. The summed E-state index contributed by atoms with van der Waals surface area (Å²) in [5, 5.41) is 0. The molecule has 1 unspecified atom stereocenters. The average Bonchev–Trinajstić information content (AvgIpc) is 3.06. The molecule has 1 aliphatic rings. The average molecular weight is 314 g/mol. The smallest absolute Gasteiger partial charge is 0.0502 e. The molecule has 18 heavy (non-hydrogen) atoms. The highest BCUT2D eigenvalue weighted by Gasteiger charge is 2.31. The number of allylic oxidation sites excluding steroid dienone is 2. The third-order valence-corrected chi connectivity index (χ3v) is 4.67. The molecule has 0 aromatic carbocycles. The fourth-order valence-corrected chi connectivity index (χ4v) is 2.55. The van der Waals surface area contributed by atoms with E-state index in [2.05, 4.69) is 50.5 Å². The Hall–Kier alpha value is -0.110. The van der Waals surface area contributed by atoms with E-state index in [4.69, 9.17) is 4.99 Å². The van der Waals surface area contributed by atoms with E-state index in [9.17, 15) is 0 Å². The molecule has 104 valence electrons. The van der Waals surface area contributed by atoms with Gasteiger partial charge in [-0.1, -0.05) is 39.2 Å². The molecule has 1 rings (SSSR count). The number of hydrogen-bond acceptors (Lipinski definition) is 1. The van der Waals surface area contributed by atoms with Crippen molar-refractivity contribution in [1.82, 2.24) is 0 Å². The van der Waals surface area contributed by atoms with Crippen LogP contribution < -0.4 is 0 Å². The number of nitrogens with zero attached hydrogens (tertiary/aromatic N) is 1. The van der Waals surface area contributed by atoms with Crippen molar-refractivity contribution in [3.8, 4) is 0 Å². The SMILES string of the molecule is CCC(CC(C)(C)CC1CC1)N=CC(Br)=C(C)C. The molecule has 0 saturated heterocycles. The van der Waals surface area contributed by atoms with Gasteiger partial charge < -0.3 is 0 Å². The first-order valence-corrected chi connectivity index (χ1v) is 7.99. The van der Waals surface area contributed by atoms with Gasteiger partial charge in [-0.25, -0.2) is 0 Å². The molecule has 0 heterocycles. The van der Waals surface area contributed by atoms with Crippen LogP contribution in [0.2, 0.25) is 0 Å². The maximum absolute atomic E-state index is 4.75. The van der Waals surface area contributed by atoms with Crippen LogP contribution in [0.1, 0.15) is 66.7 Å². The molecule has 0 aliphatic heterocycles. The summed E-state index contributed by atoms with van der Waals surface area (Å²) in [6.45, 7) is 11.3. The lowest BCUT2D eigenvalue weighted by Gasteiger charge is -2.27. The zero-order valence-corrected chi connectivity index (χ0v) is 14.2. The topological polar surface area (TPSA) is 12.4 Å². The third-order valence-electron chi connectivity index (χ3n) is 3.67. The van der Waals surface area contributed by atoms with Crippen molar-refractivity contribution in [2.75, 3.05) is 0 Å². The monoisotopic (exact) mass is 313 g/mol. The largest absolute Gasteiger partial charge is 0.289 e. The molecular weight excluding hydrogens is 286 g/mol. The van der Waals surface area contributed by atoms with Crippen LogP contribution in [0, 0.1) is 11.3 Å². The van der Waals surface area contributed by atoms with Gasteiger partial charge in [-0.05, 0) is 60.4 Å². The van der Waals surface area contributed by atoms with Crippen LogP contribution in [0.4, 0.5) is 0 Å². The van der Waals surface area contributed by atoms with Crippen LogP contribution in [-0.2, 0) is 0 Å². The maximum atomic E-state index is 4.75. The summed E-state index contributed by atoms with van der Waals surface area (Å²) in [7, 11) is 0. The Labute approximate surface area is 121 Å². The van der Waals surface area contributed by atoms with Gasteiger partial charge in [-0.15, -0.1) is 0 Å². The maximum Gasteiger partial charge on any atom is 0.0502 e. The van der Waals surface area contributed by atoms with E-state index in [1.807, 2.05) is 6.21 Å². The van der Waals surface area contributed by atoms with Gasteiger partial charge in [0.15, 0.2) is 0 Å². The standard InChI is InChI=1S/C16H28BrN/c1-6-14(18-11-15(17)12(2)3)10-16(4,5)9-13-7-8-13/h11,13-14H,6-10H2,1-5H3. The quantitative estimate of drug-likeness (QED) is 0.531. The lowest BCUT2D eigenvalue weighted by molar-refractivity contribution is 0.265. The van der Waals surface area contributed by atoms with Crippen molar-refractivity contribution in [3.05, 3.63) is 10.1 Å². The summed E-state index contributed by atoms with van der Waals surface area (Å²) in [5.74, 6) is 1.01. The molecule has 0 spiro atoms. The summed E-state index contributed by atoms with van der Waals surface area (Å²) in [6.07, 6.45) is 8.62. The normalized spacial score (nSPS) is 18.1. The first kappa shape index (κ1) is 15.9. The van der Waals surface area contributed by atoms with E-state index < -0.39 is 0 Å². The van der Waals surface area contributed by atoms with Crippen LogP contribution in [0.15, 0.2) is 15.0 Å². The number of rotatable bonds is 7. The van der Waals surface area contributed by atoms with Crippen LogP contribution >= 0.6 is 15.9 Å². The van der Waals surface area contributed by atoms with Gasteiger partial charge >= 0.3 is 0 Å².